The molecular formula is C12H17BrClNS. The number of hydrogen-bond donors (Lipinski definition) is 0. The summed E-state index contributed by atoms with van der Waals surface area (Å²) in [6.45, 7) is 2.35. The molecule has 2 rings (SSSR count). The van der Waals surface area contributed by atoms with Crippen LogP contribution in [-0.2, 0) is 6.54 Å². The predicted molar refractivity (Wildman–Crippen MR) is 75.4 cm³/mol. The van der Waals surface area contributed by atoms with E-state index < -0.39 is 0 Å². The summed E-state index contributed by atoms with van der Waals surface area (Å²) < 4.78 is 1.26. The molecule has 0 amide bonds. The number of nitrogens with zero attached hydrogens (tertiary/aromatic N) is 1. The van der Waals surface area contributed by atoms with Crippen molar-refractivity contribution in [3.05, 3.63) is 20.8 Å². The summed E-state index contributed by atoms with van der Waals surface area (Å²) in [6.07, 6.45) is 5.09. The van der Waals surface area contributed by atoms with E-state index in [9.17, 15) is 0 Å². The lowest BCUT2D eigenvalue weighted by atomic mass is 10.1. The molecule has 0 radical (unpaired) electrons. The Kier molecular flexibility index (Phi) is 5.14. The van der Waals surface area contributed by atoms with Gasteiger partial charge in [-0.1, -0.05) is 0 Å². The summed E-state index contributed by atoms with van der Waals surface area (Å²) >= 11 is 11.2. The van der Waals surface area contributed by atoms with Crippen molar-refractivity contribution in [1.29, 1.82) is 0 Å². The third-order valence-corrected chi connectivity index (χ3v) is 5.39. The van der Waals surface area contributed by atoms with Gasteiger partial charge in [-0.3, -0.25) is 4.90 Å². The number of thiophene rings is 1. The minimum atomic E-state index is 0.757. The maximum absolute atomic E-state index is 5.77. The second kappa shape index (κ2) is 6.39. The molecular weight excluding hydrogens is 306 g/mol. The van der Waals surface area contributed by atoms with Gasteiger partial charge in [-0.2, -0.15) is 0 Å². The van der Waals surface area contributed by atoms with Crippen molar-refractivity contribution >= 4 is 38.9 Å². The van der Waals surface area contributed by atoms with Gasteiger partial charge in [-0.15, -0.1) is 22.9 Å². The quantitative estimate of drug-likeness (QED) is 0.722. The molecule has 1 saturated heterocycles. The molecule has 0 aliphatic carbocycles. The van der Waals surface area contributed by atoms with E-state index in [0.717, 1.165) is 24.9 Å². The minimum absolute atomic E-state index is 0.757. The number of alkyl halides is 1. The van der Waals surface area contributed by atoms with E-state index in [2.05, 4.69) is 32.3 Å². The zero-order chi connectivity index (χ0) is 11.4. The number of likely N-dealkylation sites (tertiary alicyclic amines) is 1. The first kappa shape index (κ1) is 12.9. The van der Waals surface area contributed by atoms with Gasteiger partial charge in [0.25, 0.3) is 0 Å². The average molecular weight is 323 g/mol. The van der Waals surface area contributed by atoms with Crippen LogP contribution in [0.4, 0.5) is 0 Å². The van der Waals surface area contributed by atoms with Crippen molar-refractivity contribution < 1.29 is 0 Å². The first-order valence-electron chi connectivity index (χ1n) is 5.83. The first-order valence-corrected chi connectivity index (χ1v) is 8.04. The van der Waals surface area contributed by atoms with Gasteiger partial charge in [-0.25, -0.2) is 0 Å². The maximum atomic E-state index is 5.77. The number of rotatable bonds is 5. The fraction of sp³-hybridized carbons (Fsp3) is 0.667. The normalized spacial score (nSPS) is 21.8. The SMILES string of the molecule is ClCCCC1CCCN1Cc1sccc1Br. The van der Waals surface area contributed by atoms with Crippen LogP contribution in [0.15, 0.2) is 15.9 Å². The fourth-order valence-corrected chi connectivity index (χ4v) is 4.02. The number of hydrogen-bond acceptors (Lipinski definition) is 2. The third kappa shape index (κ3) is 3.22. The lowest BCUT2D eigenvalue weighted by Gasteiger charge is -2.23. The monoisotopic (exact) mass is 321 g/mol. The zero-order valence-electron chi connectivity index (χ0n) is 9.29. The molecule has 0 saturated carbocycles. The average Bonchev–Trinajstić information content (AvgIpc) is 2.87. The van der Waals surface area contributed by atoms with Crippen molar-refractivity contribution in [2.75, 3.05) is 12.4 Å². The lowest BCUT2D eigenvalue weighted by Crippen LogP contribution is -2.28. The summed E-state index contributed by atoms with van der Waals surface area (Å²) in [7, 11) is 0. The van der Waals surface area contributed by atoms with Gasteiger partial charge in [0.05, 0.1) is 0 Å². The second-order valence-corrected chi connectivity index (χ2v) is 6.52. The van der Waals surface area contributed by atoms with Crippen molar-refractivity contribution in [2.45, 2.75) is 38.3 Å². The second-order valence-electron chi connectivity index (χ2n) is 4.29. The fourth-order valence-electron chi connectivity index (χ4n) is 2.37. The molecule has 1 nitrogen and oxygen atoms in total. The molecule has 0 N–H and O–H groups in total. The summed E-state index contributed by atoms with van der Waals surface area (Å²) in [5.41, 5.74) is 0. The van der Waals surface area contributed by atoms with Crippen LogP contribution in [0.2, 0.25) is 0 Å². The molecule has 16 heavy (non-hydrogen) atoms. The van der Waals surface area contributed by atoms with Crippen molar-refractivity contribution in [2.24, 2.45) is 0 Å². The van der Waals surface area contributed by atoms with E-state index in [0.29, 0.717) is 0 Å². The zero-order valence-corrected chi connectivity index (χ0v) is 12.5. The topological polar surface area (TPSA) is 3.24 Å². The van der Waals surface area contributed by atoms with Crippen molar-refractivity contribution in [3.8, 4) is 0 Å². The van der Waals surface area contributed by atoms with Gasteiger partial charge >= 0.3 is 0 Å². The highest BCUT2D eigenvalue weighted by atomic mass is 79.9. The molecule has 1 aliphatic rings. The highest BCUT2D eigenvalue weighted by molar-refractivity contribution is 9.10. The summed E-state index contributed by atoms with van der Waals surface area (Å²) in [4.78, 5) is 4.07. The van der Waals surface area contributed by atoms with Crippen LogP contribution in [-0.4, -0.2) is 23.4 Å². The van der Waals surface area contributed by atoms with E-state index in [-0.39, 0.29) is 0 Å². The van der Waals surface area contributed by atoms with Crippen molar-refractivity contribution in [1.82, 2.24) is 4.90 Å². The molecule has 0 spiro atoms. The van der Waals surface area contributed by atoms with E-state index in [1.165, 1.54) is 35.2 Å². The molecule has 2 heterocycles. The first-order chi connectivity index (χ1) is 7.81. The molecule has 0 bridgehead atoms. The van der Waals surface area contributed by atoms with Crippen molar-refractivity contribution in [3.63, 3.8) is 0 Å². The molecule has 90 valence electrons. The van der Waals surface area contributed by atoms with E-state index in [1.54, 1.807) is 0 Å². The minimum Gasteiger partial charge on any atom is -0.295 e. The Morgan fingerprint density at radius 3 is 3.12 bits per heavy atom. The van der Waals surface area contributed by atoms with Crippen LogP contribution in [0.1, 0.15) is 30.6 Å². The van der Waals surface area contributed by atoms with Gasteiger partial charge in [0.15, 0.2) is 0 Å². The highest BCUT2D eigenvalue weighted by Crippen LogP contribution is 2.29. The molecule has 0 aromatic carbocycles. The van der Waals surface area contributed by atoms with Gasteiger partial charge in [0.2, 0.25) is 0 Å². The maximum Gasteiger partial charge on any atom is 0.0342 e. The Balaban J connectivity index is 1.91. The molecule has 1 aromatic heterocycles. The Hall–Kier alpha value is 0.430. The molecule has 1 atom stereocenters. The Labute approximate surface area is 115 Å². The van der Waals surface area contributed by atoms with Gasteiger partial charge in [-0.05, 0) is 59.6 Å². The smallest absolute Gasteiger partial charge is 0.0342 e. The molecule has 4 heteroatoms. The predicted octanol–water partition coefficient (Wildman–Crippen LogP) is 4.49. The van der Waals surface area contributed by atoms with Crippen LogP contribution in [0.25, 0.3) is 0 Å². The van der Waals surface area contributed by atoms with E-state index in [1.807, 2.05) is 11.3 Å². The van der Waals surface area contributed by atoms with Crippen LogP contribution in [0.5, 0.6) is 0 Å². The molecule has 1 fully saturated rings. The molecule has 1 aliphatic heterocycles. The summed E-state index contributed by atoms with van der Waals surface area (Å²) in [5.74, 6) is 0.799. The summed E-state index contributed by atoms with van der Waals surface area (Å²) in [6, 6.07) is 2.90. The van der Waals surface area contributed by atoms with E-state index in [4.69, 9.17) is 11.6 Å². The van der Waals surface area contributed by atoms with Crippen LogP contribution in [0.3, 0.4) is 0 Å². The molecule has 1 unspecified atom stereocenters. The molecule has 1 aromatic rings. The van der Waals surface area contributed by atoms with Gasteiger partial charge in [0.1, 0.15) is 0 Å². The number of halogens is 2. The van der Waals surface area contributed by atoms with Gasteiger partial charge in [0, 0.05) is 27.8 Å². The third-order valence-electron chi connectivity index (χ3n) is 3.21. The Morgan fingerprint density at radius 1 is 1.56 bits per heavy atom. The standard InChI is InChI=1S/C12H17BrClNS/c13-11-5-8-16-12(11)9-15-7-2-4-10(15)3-1-6-14/h5,8,10H,1-4,6-7,9H2. The largest absolute Gasteiger partial charge is 0.295 e. The van der Waals surface area contributed by atoms with Crippen LogP contribution >= 0.6 is 38.9 Å². The van der Waals surface area contributed by atoms with E-state index >= 15 is 0 Å². The van der Waals surface area contributed by atoms with Gasteiger partial charge < -0.3 is 0 Å². The van der Waals surface area contributed by atoms with Crippen LogP contribution in [0, 0.1) is 0 Å². The Morgan fingerprint density at radius 2 is 2.44 bits per heavy atom. The van der Waals surface area contributed by atoms with Crippen LogP contribution < -0.4 is 0 Å². The highest BCUT2D eigenvalue weighted by Gasteiger charge is 2.24. The summed E-state index contributed by atoms with van der Waals surface area (Å²) in [5, 5.41) is 2.16. The lowest BCUT2D eigenvalue weighted by molar-refractivity contribution is 0.235. The Bertz CT molecular complexity index is 329.